The average molecular weight is 666 g/mol. The lowest BCUT2D eigenvalue weighted by Crippen LogP contribution is -2.68. The molecule has 0 rings (SSSR count). The maximum atomic E-state index is 12.2. The maximum absolute atomic E-state index is 12.2. The van der Waals surface area contributed by atoms with Crippen molar-refractivity contribution in [1.29, 1.82) is 0 Å². The van der Waals surface area contributed by atoms with Crippen LogP contribution in [0.25, 0.3) is 0 Å². The molecule has 0 saturated heterocycles. The van der Waals surface area contributed by atoms with Crippen LogP contribution in [-0.4, -0.2) is 54.9 Å². The summed E-state index contributed by atoms with van der Waals surface area (Å²) < 4.78 is 256. The average Bonchev–Trinajstić information content (AvgIpc) is 2.50. The predicted octanol–water partition coefficient (Wildman–Crippen LogP) is 10.7. The van der Waals surface area contributed by atoms with Crippen molar-refractivity contribution in [1.82, 2.24) is 0 Å². The maximum Gasteiger partial charge on any atom is 0.435 e. The predicted molar refractivity (Wildman–Crippen MR) is 98.1 cm³/mol. The van der Waals surface area contributed by atoms with Crippen LogP contribution < -0.4 is 0 Å². The molecule has 0 aromatic heterocycles. The highest BCUT2D eigenvalue weighted by atomic mass is 19.5. The third-order valence-electron chi connectivity index (χ3n) is 4.46. The number of ether oxygens (including phenoxy) is 1. The summed E-state index contributed by atoms with van der Waals surface area (Å²) in [5.41, 5.74) is -11.9. The van der Waals surface area contributed by atoms with Crippen LogP contribution in [0.3, 0.4) is 0 Å². The van der Waals surface area contributed by atoms with Gasteiger partial charge < -0.3 is 4.74 Å². The van der Waals surface area contributed by atoms with Crippen LogP contribution in [0.1, 0.15) is 48.0 Å². The Labute approximate surface area is 218 Å². The van der Waals surface area contributed by atoms with E-state index in [1.165, 1.54) is 0 Å². The first-order valence-corrected chi connectivity index (χ1v) is 10.4. The summed E-state index contributed by atoms with van der Waals surface area (Å²) in [6.45, 7) is 4.83. The molecule has 0 aliphatic carbocycles. The molecule has 0 aromatic carbocycles. The monoisotopic (exact) mass is 666 g/mol. The molecule has 0 heterocycles. The Balaban J connectivity index is -0.000000562. The fourth-order valence-corrected chi connectivity index (χ4v) is 2.96. The number of halogens is 21. The normalized spacial score (nSPS) is 15.1. The summed E-state index contributed by atoms with van der Waals surface area (Å²) in [6, 6.07) is 0. The lowest BCUT2D eigenvalue weighted by Gasteiger charge is -2.41. The van der Waals surface area contributed by atoms with E-state index in [0.717, 1.165) is 0 Å². The van der Waals surface area contributed by atoms with Gasteiger partial charge in [0.05, 0.1) is 6.10 Å². The van der Waals surface area contributed by atoms with Crippen LogP contribution in [0.2, 0.25) is 0 Å². The van der Waals surface area contributed by atoms with Gasteiger partial charge in [0.15, 0.2) is 0 Å². The van der Waals surface area contributed by atoms with Gasteiger partial charge in [0.2, 0.25) is 0 Å². The minimum absolute atomic E-state index is 0.231. The molecule has 1 nitrogen and oxygen atoms in total. The number of alkyl halides is 21. The van der Waals surface area contributed by atoms with Crippen molar-refractivity contribution in [2.75, 3.05) is 0 Å². The van der Waals surface area contributed by atoms with E-state index < -0.39 is 72.7 Å². The van der Waals surface area contributed by atoms with E-state index in [-0.39, 0.29) is 19.8 Å². The summed E-state index contributed by atoms with van der Waals surface area (Å²) >= 11 is 0. The molecule has 0 unspecified atom stereocenters. The first-order valence-electron chi connectivity index (χ1n) is 10.4. The van der Waals surface area contributed by atoms with Crippen LogP contribution in [0.5, 0.6) is 0 Å². The molecule has 41 heavy (non-hydrogen) atoms. The molecule has 0 saturated carbocycles. The van der Waals surface area contributed by atoms with E-state index >= 15 is 0 Å². The van der Waals surface area contributed by atoms with Crippen LogP contribution in [-0.2, 0) is 4.74 Å². The highest BCUT2D eigenvalue weighted by molar-refractivity contribution is 5.03. The third-order valence-corrected chi connectivity index (χ3v) is 4.46. The van der Waals surface area contributed by atoms with Crippen molar-refractivity contribution in [2.24, 2.45) is 17.3 Å². The van der Waals surface area contributed by atoms with Crippen molar-refractivity contribution in [3.8, 4) is 0 Å². The van der Waals surface area contributed by atoms with E-state index in [1.54, 1.807) is 13.8 Å². The minimum Gasteiger partial charge on any atom is -0.348 e. The molecule has 0 aliphatic heterocycles. The lowest BCUT2D eigenvalue weighted by atomic mass is 9.75. The van der Waals surface area contributed by atoms with Crippen LogP contribution in [0, 0.1) is 17.3 Å². The Morgan fingerprint density at radius 2 is 0.659 bits per heavy atom. The van der Waals surface area contributed by atoms with Crippen molar-refractivity contribution in [3.63, 3.8) is 0 Å². The van der Waals surface area contributed by atoms with Crippen LogP contribution in [0.4, 0.5) is 92.2 Å². The largest absolute Gasteiger partial charge is 0.435 e. The molecule has 0 spiro atoms. The number of hydrogen-bond acceptors (Lipinski definition) is 1. The zero-order valence-electron chi connectivity index (χ0n) is 21.3. The van der Waals surface area contributed by atoms with Gasteiger partial charge in [-0.25, -0.2) is 0 Å². The third kappa shape index (κ3) is 10.9. The van der Waals surface area contributed by atoms with E-state index in [0.29, 0.717) is 13.8 Å². The fourth-order valence-electron chi connectivity index (χ4n) is 2.96. The van der Waals surface area contributed by atoms with Gasteiger partial charge in [0, 0.05) is 6.42 Å². The highest BCUT2D eigenvalue weighted by Gasteiger charge is 2.86. The van der Waals surface area contributed by atoms with E-state index in [1.807, 2.05) is 0 Å². The van der Waals surface area contributed by atoms with Gasteiger partial charge in [-0.05, 0) is 25.7 Å². The smallest absolute Gasteiger partial charge is 0.348 e. The topological polar surface area (TPSA) is 9.23 Å². The van der Waals surface area contributed by atoms with Gasteiger partial charge in [-0.2, -0.15) is 92.2 Å². The number of hydrogen-bond donors (Lipinski definition) is 0. The van der Waals surface area contributed by atoms with E-state index in [9.17, 15) is 92.2 Å². The quantitative estimate of drug-likeness (QED) is 0.272. The van der Waals surface area contributed by atoms with Crippen molar-refractivity contribution in [3.05, 3.63) is 0 Å². The lowest BCUT2D eigenvalue weighted by molar-refractivity contribution is -0.463. The van der Waals surface area contributed by atoms with Gasteiger partial charge in [-0.3, -0.25) is 0 Å². The summed E-state index contributed by atoms with van der Waals surface area (Å²) in [7, 11) is 0. The molecule has 252 valence electrons. The molecular weight excluding hydrogens is 643 g/mol. The summed E-state index contributed by atoms with van der Waals surface area (Å²) in [4.78, 5) is 0. The molecule has 0 bridgehead atoms. The van der Waals surface area contributed by atoms with Crippen LogP contribution in [0.15, 0.2) is 0 Å². The highest BCUT2D eigenvalue weighted by Crippen LogP contribution is 2.63. The summed E-state index contributed by atoms with van der Waals surface area (Å²) in [5.74, 6) is -2.98. The van der Waals surface area contributed by atoms with Gasteiger partial charge >= 0.3 is 48.8 Å². The van der Waals surface area contributed by atoms with Crippen molar-refractivity contribution < 1.29 is 96.9 Å². The van der Waals surface area contributed by atoms with E-state index in [2.05, 4.69) is 4.74 Å². The molecule has 0 fully saturated rings. The van der Waals surface area contributed by atoms with Crippen LogP contribution >= 0.6 is 0 Å². The van der Waals surface area contributed by atoms with Gasteiger partial charge in [0.1, 0.15) is 0 Å². The SMILES string of the molecule is CC(C)C(C(F)(F)F)(C(F)(F)F)C(F)(F)F.CC(C)CC(F)(F)F.CC(C)OC(C(F)(F)F)(C(F)(F)F)C(F)(F)F. The molecule has 0 N–H and O–H groups in total. The molecule has 0 aliphatic rings. The molecule has 0 radical (unpaired) electrons. The second kappa shape index (κ2) is 13.4. The Kier molecular flexibility index (Phi) is 14.4. The van der Waals surface area contributed by atoms with Gasteiger partial charge in [-0.1, -0.05) is 27.7 Å². The molecule has 22 heteroatoms. The van der Waals surface area contributed by atoms with Crippen molar-refractivity contribution in [2.45, 2.75) is 103 Å². The zero-order valence-corrected chi connectivity index (χ0v) is 21.3. The first kappa shape index (κ1) is 43.9. The molecule has 0 atom stereocenters. The summed E-state index contributed by atoms with van der Waals surface area (Å²) in [5, 5.41) is 0. The second-order valence-electron chi connectivity index (χ2n) is 9.01. The minimum atomic E-state index is -6.66. The molecule has 0 amide bonds. The summed E-state index contributed by atoms with van der Waals surface area (Å²) in [6.07, 6.45) is -45.9. The van der Waals surface area contributed by atoms with Gasteiger partial charge in [-0.15, -0.1) is 0 Å². The Morgan fingerprint density at radius 1 is 0.415 bits per heavy atom. The first-order chi connectivity index (χ1) is 17.3. The Bertz CT molecular complexity index is 681. The zero-order chi connectivity index (χ0) is 34.6. The number of rotatable bonds is 4. The Hall–Kier alpha value is -1.51. The second-order valence-corrected chi connectivity index (χ2v) is 9.01. The molecule has 0 aromatic rings. The Morgan fingerprint density at radius 3 is 0.683 bits per heavy atom. The van der Waals surface area contributed by atoms with Gasteiger partial charge in [0.25, 0.3) is 5.41 Å². The standard InChI is InChI=1S/C7H7F9O.C7H7F9.C5H9F3/c1-3(2)17-4(5(8,9)10,6(11,12)13)7(14,15)16;1-3(2)4(5(8,9)10,6(11,12)13)7(14,15)16;1-4(2)3-5(6,7)8/h3H,1-2H3;3H,1-2H3;4H,3H2,1-2H3. The van der Waals surface area contributed by atoms with Crippen molar-refractivity contribution >= 4 is 0 Å². The molecular formula is C19H23F21O. The van der Waals surface area contributed by atoms with E-state index in [4.69, 9.17) is 0 Å². The fraction of sp³-hybridized carbons (Fsp3) is 1.00.